The lowest BCUT2D eigenvalue weighted by molar-refractivity contribution is 0.350. The standard InChI is InChI=1S/C9H17N3O2S/c1-4-8(5-2)12(3)15(13,14)9-6-10-11-7-9/h6-8H,4-5H2,1-3H3,(H,10,11). The van der Waals surface area contributed by atoms with Crippen LogP contribution in [0.1, 0.15) is 26.7 Å². The van der Waals surface area contributed by atoms with Crippen LogP contribution in [0.4, 0.5) is 0 Å². The summed E-state index contributed by atoms with van der Waals surface area (Å²) in [6.07, 6.45) is 4.34. The number of nitrogens with one attached hydrogen (secondary N) is 1. The van der Waals surface area contributed by atoms with Crippen molar-refractivity contribution < 1.29 is 8.42 Å². The fraction of sp³-hybridized carbons (Fsp3) is 0.667. The van der Waals surface area contributed by atoms with E-state index in [1.54, 1.807) is 7.05 Å². The molecule has 1 aromatic heterocycles. The Bertz CT molecular complexity index is 381. The van der Waals surface area contributed by atoms with Crippen molar-refractivity contribution in [2.45, 2.75) is 37.6 Å². The van der Waals surface area contributed by atoms with E-state index in [0.717, 1.165) is 12.8 Å². The predicted octanol–water partition coefficient (Wildman–Crippen LogP) is 1.22. The van der Waals surface area contributed by atoms with Gasteiger partial charge in [-0.25, -0.2) is 8.42 Å². The minimum Gasteiger partial charge on any atom is -0.284 e. The van der Waals surface area contributed by atoms with Gasteiger partial charge in [0.1, 0.15) is 4.90 Å². The van der Waals surface area contributed by atoms with Gasteiger partial charge in [0.15, 0.2) is 0 Å². The minimum absolute atomic E-state index is 0.0462. The molecule has 0 radical (unpaired) electrons. The molecule has 0 aliphatic carbocycles. The quantitative estimate of drug-likeness (QED) is 0.828. The molecule has 0 bridgehead atoms. The van der Waals surface area contributed by atoms with E-state index in [2.05, 4.69) is 10.2 Å². The Morgan fingerprint density at radius 1 is 1.47 bits per heavy atom. The first-order chi connectivity index (χ1) is 7.04. The lowest BCUT2D eigenvalue weighted by atomic mass is 10.2. The van der Waals surface area contributed by atoms with Crippen molar-refractivity contribution in [3.63, 3.8) is 0 Å². The molecular formula is C9H17N3O2S. The summed E-state index contributed by atoms with van der Waals surface area (Å²) in [6.45, 7) is 3.96. The normalized spacial score (nSPS) is 12.6. The average Bonchev–Trinajstić information content (AvgIpc) is 2.72. The van der Waals surface area contributed by atoms with Crippen molar-refractivity contribution in [3.05, 3.63) is 12.4 Å². The van der Waals surface area contributed by atoms with Crippen molar-refractivity contribution in [3.8, 4) is 0 Å². The van der Waals surface area contributed by atoms with Crippen LogP contribution in [-0.4, -0.2) is 36.0 Å². The average molecular weight is 231 g/mol. The fourth-order valence-corrected chi connectivity index (χ4v) is 2.96. The van der Waals surface area contributed by atoms with Crippen molar-refractivity contribution in [1.82, 2.24) is 14.5 Å². The Hall–Kier alpha value is -0.880. The molecule has 6 heteroatoms. The molecule has 1 aromatic rings. The summed E-state index contributed by atoms with van der Waals surface area (Å²) >= 11 is 0. The molecule has 1 rings (SSSR count). The van der Waals surface area contributed by atoms with Crippen molar-refractivity contribution >= 4 is 10.0 Å². The Labute approximate surface area is 90.5 Å². The molecule has 0 amide bonds. The van der Waals surface area contributed by atoms with Crippen molar-refractivity contribution in [2.75, 3.05) is 7.05 Å². The summed E-state index contributed by atoms with van der Waals surface area (Å²) in [5, 5.41) is 6.16. The smallest absolute Gasteiger partial charge is 0.246 e. The van der Waals surface area contributed by atoms with Gasteiger partial charge in [0.05, 0.1) is 6.20 Å². The highest BCUT2D eigenvalue weighted by molar-refractivity contribution is 7.89. The summed E-state index contributed by atoms with van der Waals surface area (Å²) in [7, 11) is -1.77. The zero-order valence-corrected chi connectivity index (χ0v) is 10.1. The SMILES string of the molecule is CCC(CC)N(C)S(=O)(=O)c1cn[nH]c1. The molecule has 0 atom stereocenters. The fourth-order valence-electron chi connectivity index (χ4n) is 1.55. The van der Waals surface area contributed by atoms with Crippen molar-refractivity contribution in [1.29, 1.82) is 0 Å². The molecule has 0 fully saturated rings. The molecule has 15 heavy (non-hydrogen) atoms. The van der Waals surface area contributed by atoms with Crippen LogP contribution < -0.4 is 0 Å². The van der Waals surface area contributed by atoms with E-state index in [1.807, 2.05) is 13.8 Å². The van der Waals surface area contributed by atoms with E-state index >= 15 is 0 Å². The molecule has 0 unspecified atom stereocenters. The van der Waals surface area contributed by atoms with Gasteiger partial charge in [-0.2, -0.15) is 9.40 Å². The Balaban J connectivity index is 2.97. The third kappa shape index (κ3) is 2.38. The second-order valence-electron chi connectivity index (χ2n) is 3.43. The summed E-state index contributed by atoms with van der Waals surface area (Å²) < 4.78 is 25.5. The maximum absolute atomic E-state index is 12.0. The Morgan fingerprint density at radius 3 is 2.47 bits per heavy atom. The molecule has 0 saturated carbocycles. The molecule has 0 aliphatic heterocycles. The van der Waals surface area contributed by atoms with Crippen LogP contribution in [0.15, 0.2) is 17.3 Å². The zero-order valence-electron chi connectivity index (χ0n) is 9.27. The number of hydrogen-bond acceptors (Lipinski definition) is 3. The third-order valence-electron chi connectivity index (χ3n) is 2.61. The predicted molar refractivity (Wildman–Crippen MR) is 57.9 cm³/mol. The van der Waals surface area contributed by atoms with Crippen molar-refractivity contribution in [2.24, 2.45) is 0 Å². The van der Waals surface area contributed by atoms with Crippen LogP contribution in [-0.2, 0) is 10.0 Å². The van der Waals surface area contributed by atoms with E-state index in [1.165, 1.54) is 16.7 Å². The van der Waals surface area contributed by atoms with Gasteiger partial charge < -0.3 is 0 Å². The molecule has 0 aromatic carbocycles. The highest BCUT2D eigenvalue weighted by Crippen LogP contribution is 2.17. The molecule has 5 nitrogen and oxygen atoms in total. The Morgan fingerprint density at radius 2 is 2.07 bits per heavy atom. The largest absolute Gasteiger partial charge is 0.284 e. The Kier molecular flexibility index (Phi) is 3.87. The highest BCUT2D eigenvalue weighted by Gasteiger charge is 2.26. The molecular weight excluding hydrogens is 214 g/mol. The first-order valence-electron chi connectivity index (χ1n) is 5.00. The van der Waals surface area contributed by atoms with E-state index in [9.17, 15) is 8.42 Å². The zero-order chi connectivity index (χ0) is 11.5. The van der Waals surface area contributed by atoms with Crippen LogP contribution in [0.2, 0.25) is 0 Å². The van der Waals surface area contributed by atoms with Gasteiger partial charge in [0, 0.05) is 19.3 Å². The van der Waals surface area contributed by atoms with Crippen LogP contribution in [0, 0.1) is 0 Å². The van der Waals surface area contributed by atoms with Crippen LogP contribution in [0.25, 0.3) is 0 Å². The third-order valence-corrected chi connectivity index (χ3v) is 4.48. The van der Waals surface area contributed by atoms with Gasteiger partial charge in [-0.1, -0.05) is 13.8 Å². The van der Waals surface area contributed by atoms with Gasteiger partial charge in [-0.05, 0) is 12.8 Å². The van der Waals surface area contributed by atoms with Crippen LogP contribution >= 0.6 is 0 Å². The second kappa shape index (κ2) is 4.76. The summed E-state index contributed by atoms with van der Waals surface area (Å²) in [6, 6.07) is 0.0462. The number of nitrogens with zero attached hydrogens (tertiary/aromatic N) is 2. The number of sulfonamides is 1. The number of aromatic amines is 1. The van der Waals surface area contributed by atoms with Gasteiger partial charge in [-0.3, -0.25) is 5.10 Å². The molecule has 0 spiro atoms. The van der Waals surface area contributed by atoms with E-state index in [0.29, 0.717) is 0 Å². The summed E-state index contributed by atoms with van der Waals surface area (Å²) in [5.41, 5.74) is 0. The number of aromatic nitrogens is 2. The molecule has 1 heterocycles. The van der Waals surface area contributed by atoms with Crippen LogP contribution in [0.3, 0.4) is 0 Å². The number of H-pyrrole nitrogens is 1. The maximum atomic E-state index is 12.0. The molecule has 0 aliphatic rings. The number of hydrogen-bond donors (Lipinski definition) is 1. The highest BCUT2D eigenvalue weighted by atomic mass is 32.2. The minimum atomic E-state index is -3.38. The second-order valence-corrected chi connectivity index (χ2v) is 5.42. The van der Waals surface area contributed by atoms with E-state index in [-0.39, 0.29) is 10.9 Å². The first-order valence-corrected chi connectivity index (χ1v) is 6.44. The van der Waals surface area contributed by atoms with E-state index < -0.39 is 10.0 Å². The topological polar surface area (TPSA) is 66.1 Å². The van der Waals surface area contributed by atoms with E-state index in [4.69, 9.17) is 0 Å². The molecule has 86 valence electrons. The molecule has 0 saturated heterocycles. The number of rotatable bonds is 5. The lowest BCUT2D eigenvalue weighted by Gasteiger charge is -2.24. The van der Waals surface area contributed by atoms with Gasteiger partial charge in [0.25, 0.3) is 0 Å². The van der Waals surface area contributed by atoms with Gasteiger partial charge >= 0.3 is 0 Å². The monoisotopic (exact) mass is 231 g/mol. The molecule has 1 N–H and O–H groups in total. The van der Waals surface area contributed by atoms with Gasteiger partial charge in [-0.15, -0.1) is 0 Å². The van der Waals surface area contributed by atoms with Crippen LogP contribution in [0.5, 0.6) is 0 Å². The maximum Gasteiger partial charge on any atom is 0.246 e. The lowest BCUT2D eigenvalue weighted by Crippen LogP contribution is -2.36. The summed E-state index contributed by atoms with van der Waals surface area (Å²) in [4.78, 5) is 0.219. The summed E-state index contributed by atoms with van der Waals surface area (Å²) in [5.74, 6) is 0. The van der Waals surface area contributed by atoms with Gasteiger partial charge in [0.2, 0.25) is 10.0 Å². The first kappa shape index (κ1) is 12.2.